The smallest absolute Gasteiger partial charge is 0.199 e. The van der Waals surface area contributed by atoms with Crippen molar-refractivity contribution in [2.24, 2.45) is 0 Å². The van der Waals surface area contributed by atoms with Crippen LogP contribution in [0.2, 0.25) is 0 Å². The molecular weight excluding hydrogens is 308 g/mol. The number of hydrogen-bond acceptors (Lipinski definition) is 0. The first-order valence-electron chi connectivity index (χ1n) is 8.92. The second-order valence-electron chi connectivity index (χ2n) is 7.53. The second-order valence-corrected chi connectivity index (χ2v) is 7.53. The Morgan fingerprint density at radius 1 is 0.640 bits per heavy atom. The van der Waals surface area contributed by atoms with Crippen molar-refractivity contribution in [1.82, 2.24) is 9.13 Å². The summed E-state index contributed by atoms with van der Waals surface area (Å²) in [6.45, 7) is 0. The van der Waals surface area contributed by atoms with Crippen LogP contribution in [0.4, 0.5) is 0 Å². The van der Waals surface area contributed by atoms with Crippen LogP contribution >= 0.6 is 0 Å². The Bertz CT molecular complexity index is 1370. The third-order valence-corrected chi connectivity index (χ3v) is 6.43. The molecule has 6 aliphatic heterocycles. The van der Waals surface area contributed by atoms with Crippen molar-refractivity contribution in [2.45, 2.75) is 18.8 Å². The molecule has 2 aromatic rings. The maximum atomic E-state index is 2.55. The summed E-state index contributed by atoms with van der Waals surface area (Å²) in [5.74, 6) is -0.370. The van der Waals surface area contributed by atoms with Gasteiger partial charge in [-0.2, -0.15) is 9.13 Å². The molecule has 0 N–H and O–H groups in total. The molecule has 0 amide bonds. The lowest BCUT2D eigenvalue weighted by Gasteiger charge is -2.36. The number of aromatic nitrogens is 2. The molecule has 1 spiro atoms. The maximum Gasteiger partial charge on any atom is 0.553 e. The highest BCUT2D eigenvalue weighted by atomic mass is 15.6. The Morgan fingerprint density at radius 3 is 1.56 bits per heavy atom. The fourth-order valence-corrected chi connectivity index (χ4v) is 5.67. The highest BCUT2D eigenvalue weighted by molar-refractivity contribution is 6.11. The minimum Gasteiger partial charge on any atom is -0.199 e. The molecule has 8 rings (SSSR count). The first kappa shape index (κ1) is 11.4. The van der Waals surface area contributed by atoms with Gasteiger partial charge in [0.15, 0.2) is 11.4 Å². The molecule has 0 aliphatic carbocycles. The molecule has 4 heteroatoms. The van der Waals surface area contributed by atoms with E-state index in [1.807, 2.05) is 0 Å². The van der Waals surface area contributed by atoms with E-state index >= 15 is 0 Å². The highest BCUT2D eigenvalue weighted by Gasteiger charge is 2.68. The Hall–Kier alpha value is -3.14. The van der Waals surface area contributed by atoms with Crippen molar-refractivity contribution in [3.63, 3.8) is 0 Å². The standard InChI is InChI=1S/C21H14N4/c1-2-14-10-16-5-6-18-12-20-8-7-19-11-17-4-3-15-9-13(1)22(14)21(23(15)17,24(16)18)25(19)20/h1-3,5,7-12H,4,6H2/q+2. The van der Waals surface area contributed by atoms with Crippen LogP contribution in [0.1, 0.15) is 12.8 Å². The number of nitrogens with zero attached hydrogens (tertiary/aromatic N) is 4. The van der Waals surface area contributed by atoms with Gasteiger partial charge in [-0.05, 0) is 36.4 Å². The zero-order chi connectivity index (χ0) is 15.9. The Balaban J connectivity index is 1.81. The Labute approximate surface area is 142 Å². The van der Waals surface area contributed by atoms with Crippen molar-refractivity contribution in [3.05, 3.63) is 69.2 Å². The molecule has 25 heavy (non-hydrogen) atoms. The first-order valence-corrected chi connectivity index (χ1v) is 8.92. The van der Waals surface area contributed by atoms with Crippen LogP contribution < -0.4 is 21.4 Å². The van der Waals surface area contributed by atoms with Gasteiger partial charge in [-0.15, -0.1) is 0 Å². The third kappa shape index (κ3) is 0.940. The molecule has 0 saturated heterocycles. The molecular formula is C21H14N4+2. The van der Waals surface area contributed by atoms with Crippen LogP contribution in [0.25, 0.3) is 24.3 Å². The molecule has 8 heterocycles. The summed E-state index contributed by atoms with van der Waals surface area (Å²) < 4.78 is 10.1. The van der Waals surface area contributed by atoms with Gasteiger partial charge in [0.2, 0.25) is 11.4 Å². The van der Waals surface area contributed by atoms with Crippen molar-refractivity contribution in [1.29, 1.82) is 0 Å². The topological polar surface area (TPSA) is 15.9 Å². The number of rotatable bonds is 0. The lowest BCUT2D eigenvalue weighted by Crippen LogP contribution is -2.73. The van der Waals surface area contributed by atoms with Crippen LogP contribution in [0.5, 0.6) is 0 Å². The molecule has 2 aromatic heterocycles. The van der Waals surface area contributed by atoms with Gasteiger partial charge >= 0.3 is 5.91 Å². The molecule has 0 unspecified atom stereocenters. The van der Waals surface area contributed by atoms with Crippen LogP contribution in [0, 0.1) is 0 Å². The molecule has 0 radical (unpaired) electrons. The third-order valence-electron chi connectivity index (χ3n) is 6.43. The summed E-state index contributed by atoms with van der Waals surface area (Å²) in [5.41, 5.74) is 5.43. The molecule has 0 bridgehead atoms. The zero-order valence-corrected chi connectivity index (χ0v) is 13.5. The summed E-state index contributed by atoms with van der Waals surface area (Å²) in [6.07, 6.45) is 16.1. The van der Waals surface area contributed by atoms with E-state index in [0.29, 0.717) is 0 Å². The van der Waals surface area contributed by atoms with Gasteiger partial charge in [-0.1, -0.05) is 9.15 Å². The number of allylic oxidation sites excluding steroid dienone is 4. The lowest BCUT2D eigenvalue weighted by atomic mass is 10.1. The average Bonchev–Trinajstić information content (AvgIpc) is 3.38. The fraction of sp³-hybridized carbons (Fsp3) is 0.143. The van der Waals surface area contributed by atoms with Crippen LogP contribution in [0.3, 0.4) is 0 Å². The molecule has 116 valence electrons. The quantitative estimate of drug-likeness (QED) is 0.557. The summed E-state index contributed by atoms with van der Waals surface area (Å²) in [7, 11) is 0. The Morgan fingerprint density at radius 2 is 1.08 bits per heavy atom. The van der Waals surface area contributed by atoms with E-state index in [1.54, 1.807) is 0 Å². The lowest BCUT2D eigenvalue weighted by molar-refractivity contribution is -0.834. The van der Waals surface area contributed by atoms with E-state index in [-0.39, 0.29) is 5.91 Å². The van der Waals surface area contributed by atoms with E-state index in [2.05, 4.69) is 79.0 Å². The second kappa shape index (κ2) is 3.18. The zero-order valence-electron chi connectivity index (χ0n) is 13.5. The van der Waals surface area contributed by atoms with Crippen molar-refractivity contribution in [2.75, 3.05) is 0 Å². The van der Waals surface area contributed by atoms with E-state index < -0.39 is 0 Å². The van der Waals surface area contributed by atoms with Crippen molar-refractivity contribution in [3.8, 4) is 0 Å². The fourth-order valence-electron chi connectivity index (χ4n) is 5.67. The predicted octanol–water partition coefficient (Wildman–Crippen LogP) is -0.936. The van der Waals surface area contributed by atoms with Crippen molar-refractivity contribution >= 4 is 35.7 Å². The van der Waals surface area contributed by atoms with E-state index in [0.717, 1.165) is 12.8 Å². The van der Waals surface area contributed by atoms with Gasteiger partial charge in [-0.3, -0.25) is 0 Å². The summed E-state index contributed by atoms with van der Waals surface area (Å²) in [5, 5.41) is 5.17. The molecule has 0 aromatic carbocycles. The number of hydrogen-bond donors (Lipinski definition) is 0. The SMILES string of the molecule is C1=C2C=c3ccc4n3C35n6c(ccc6=CC6=[N+]3C(=CC6)C=4)=CC(=[N+]25)C1. The summed E-state index contributed by atoms with van der Waals surface area (Å²) in [4.78, 5) is 0. The van der Waals surface area contributed by atoms with Gasteiger partial charge in [-0.25, -0.2) is 0 Å². The highest BCUT2D eigenvalue weighted by Crippen LogP contribution is 2.38. The summed E-state index contributed by atoms with van der Waals surface area (Å²) in [6, 6.07) is 9.07. The molecule has 0 saturated carbocycles. The minimum absolute atomic E-state index is 0.370. The largest absolute Gasteiger partial charge is 0.553 e. The first-order chi connectivity index (χ1) is 12.4. The average molecular weight is 322 g/mol. The molecule has 6 aliphatic rings. The van der Waals surface area contributed by atoms with Gasteiger partial charge in [0.1, 0.15) is 0 Å². The van der Waals surface area contributed by atoms with E-state index in [9.17, 15) is 0 Å². The molecule has 0 fully saturated rings. The van der Waals surface area contributed by atoms with E-state index in [4.69, 9.17) is 0 Å². The van der Waals surface area contributed by atoms with Gasteiger partial charge < -0.3 is 0 Å². The Kier molecular flexibility index (Phi) is 1.45. The maximum absolute atomic E-state index is 2.55. The molecule has 4 nitrogen and oxygen atoms in total. The predicted molar refractivity (Wildman–Crippen MR) is 94.5 cm³/mol. The van der Waals surface area contributed by atoms with Gasteiger partial charge in [0, 0.05) is 24.3 Å². The van der Waals surface area contributed by atoms with Crippen molar-refractivity contribution < 1.29 is 9.15 Å². The van der Waals surface area contributed by atoms with Gasteiger partial charge in [0.05, 0.1) is 34.2 Å². The van der Waals surface area contributed by atoms with Gasteiger partial charge in [0.25, 0.3) is 0 Å². The van der Waals surface area contributed by atoms with Crippen LogP contribution in [0.15, 0.2) is 47.8 Å². The summed E-state index contributed by atoms with van der Waals surface area (Å²) >= 11 is 0. The van der Waals surface area contributed by atoms with Crippen LogP contribution in [-0.2, 0) is 5.91 Å². The molecule has 0 atom stereocenters. The van der Waals surface area contributed by atoms with Crippen LogP contribution in [-0.4, -0.2) is 29.7 Å². The minimum atomic E-state index is -0.370. The normalized spacial score (nSPS) is 23.8. The monoisotopic (exact) mass is 322 g/mol. The van der Waals surface area contributed by atoms with E-state index in [1.165, 1.54) is 44.2 Å².